The molecule has 1 heterocycles. The average Bonchev–Trinajstić information content (AvgIpc) is 3.26. The van der Waals surface area contributed by atoms with E-state index in [9.17, 15) is 0 Å². The van der Waals surface area contributed by atoms with Crippen molar-refractivity contribution < 1.29 is 0 Å². The fourth-order valence-corrected chi connectivity index (χ4v) is 19.5. The molecule has 0 N–H and O–H groups in total. The van der Waals surface area contributed by atoms with Gasteiger partial charge in [-0.3, -0.25) is 0 Å². The van der Waals surface area contributed by atoms with E-state index in [0.29, 0.717) is 0 Å². The first-order valence-corrected chi connectivity index (χ1v) is 16.2. The lowest BCUT2D eigenvalue weighted by atomic mass is 10.00. The van der Waals surface area contributed by atoms with Gasteiger partial charge in [-0.2, -0.15) is 0 Å². The summed E-state index contributed by atoms with van der Waals surface area (Å²) in [5, 5.41) is 0. The van der Waals surface area contributed by atoms with Crippen molar-refractivity contribution in [3.05, 3.63) is 71.8 Å². The molecule has 0 spiro atoms. The number of hydrogen-bond donors (Lipinski definition) is 0. The van der Waals surface area contributed by atoms with Crippen LogP contribution in [-0.4, -0.2) is 11.3 Å². The van der Waals surface area contributed by atoms with E-state index in [1.807, 2.05) is 0 Å². The Labute approximate surface area is 186 Å². The van der Waals surface area contributed by atoms with Gasteiger partial charge in [0, 0.05) is 11.3 Å². The summed E-state index contributed by atoms with van der Waals surface area (Å²) in [6.07, 6.45) is 18.0. The first-order chi connectivity index (χ1) is 14.9. The Bertz CT molecular complexity index is 696. The maximum Gasteiger partial charge on any atom is 0.00864 e. The largest absolute Gasteiger partial charge is 0.0734 e. The highest BCUT2D eigenvalue weighted by atomic mass is 32.1. The van der Waals surface area contributed by atoms with Crippen LogP contribution in [0.15, 0.2) is 60.7 Å². The molecule has 2 heteroatoms. The molecule has 2 aliphatic carbocycles. The number of benzene rings is 2. The van der Waals surface area contributed by atoms with Crippen LogP contribution in [0, 0.1) is 0 Å². The molecule has 2 aromatic carbocycles. The van der Waals surface area contributed by atoms with Crippen LogP contribution in [0.2, 0.25) is 0 Å². The standard InChI is InChI=1S/C28H38P2/c1-5-13-23(14-6-1)27-21-22-28(24-15-7-2-8-16-24)30(27)29(25-17-9-3-10-18-25)26-19-11-4-12-20-26/h1-2,5-8,13-16,25-28H,3-4,9-12,17-22H2/t27-,28-/m1/s1. The Balaban J connectivity index is 1.54. The molecule has 1 aliphatic heterocycles. The fourth-order valence-electron chi connectivity index (χ4n) is 6.47. The number of hydrogen-bond acceptors (Lipinski definition) is 0. The van der Waals surface area contributed by atoms with Crippen molar-refractivity contribution in [3.63, 3.8) is 0 Å². The zero-order valence-electron chi connectivity index (χ0n) is 18.5. The fraction of sp³-hybridized carbons (Fsp3) is 0.571. The molecule has 5 rings (SSSR count). The van der Waals surface area contributed by atoms with Crippen molar-refractivity contribution in [2.75, 3.05) is 0 Å². The molecule has 30 heavy (non-hydrogen) atoms. The van der Waals surface area contributed by atoms with Crippen molar-refractivity contribution in [1.29, 1.82) is 0 Å². The van der Waals surface area contributed by atoms with E-state index in [0.717, 1.165) is 22.6 Å². The van der Waals surface area contributed by atoms with Crippen LogP contribution in [0.4, 0.5) is 0 Å². The van der Waals surface area contributed by atoms with Crippen LogP contribution >= 0.6 is 15.2 Å². The summed E-state index contributed by atoms with van der Waals surface area (Å²) in [5.74, 6) is 0. The lowest BCUT2D eigenvalue weighted by Crippen LogP contribution is -2.20. The van der Waals surface area contributed by atoms with E-state index >= 15 is 0 Å². The SMILES string of the molecule is c1ccc([C@H]2CC[C@H](c3ccccc3)P2P(C2CCCCC2)C2CCCCC2)cc1. The van der Waals surface area contributed by atoms with Crippen LogP contribution in [0.3, 0.4) is 0 Å². The Hall–Kier alpha value is -0.700. The Morgan fingerprint density at radius 1 is 0.500 bits per heavy atom. The molecule has 2 aromatic rings. The predicted molar refractivity (Wildman–Crippen MR) is 135 cm³/mol. The van der Waals surface area contributed by atoms with Gasteiger partial charge in [0.25, 0.3) is 0 Å². The molecular weight excluding hydrogens is 398 g/mol. The van der Waals surface area contributed by atoms with E-state index in [-0.39, 0.29) is 15.2 Å². The highest BCUT2D eigenvalue weighted by Gasteiger charge is 2.46. The Morgan fingerprint density at radius 3 is 1.30 bits per heavy atom. The predicted octanol–water partition coefficient (Wildman–Crippen LogP) is 9.81. The van der Waals surface area contributed by atoms with Gasteiger partial charge in [-0.25, -0.2) is 0 Å². The highest BCUT2D eigenvalue weighted by molar-refractivity contribution is 8.30. The summed E-state index contributed by atoms with van der Waals surface area (Å²) in [4.78, 5) is 0. The van der Waals surface area contributed by atoms with Gasteiger partial charge in [0.15, 0.2) is 0 Å². The third-order valence-electron chi connectivity index (χ3n) is 7.89. The maximum absolute atomic E-state index is 2.46. The van der Waals surface area contributed by atoms with E-state index in [1.54, 1.807) is 36.8 Å². The summed E-state index contributed by atoms with van der Waals surface area (Å²) in [5.41, 5.74) is 7.17. The van der Waals surface area contributed by atoms with E-state index in [1.165, 1.54) is 51.4 Å². The van der Waals surface area contributed by atoms with Gasteiger partial charge < -0.3 is 0 Å². The minimum Gasteiger partial charge on any atom is -0.0734 e. The molecule has 3 aliphatic rings. The van der Waals surface area contributed by atoms with Crippen LogP contribution < -0.4 is 0 Å². The second-order valence-electron chi connectivity index (χ2n) is 9.77. The third kappa shape index (κ3) is 4.57. The molecule has 3 fully saturated rings. The molecule has 1 saturated heterocycles. The quantitative estimate of drug-likeness (QED) is 0.409. The van der Waals surface area contributed by atoms with Crippen molar-refractivity contribution >= 4 is 15.2 Å². The van der Waals surface area contributed by atoms with Gasteiger partial charge in [0.05, 0.1) is 0 Å². The molecule has 0 aromatic heterocycles. The molecule has 0 nitrogen and oxygen atoms in total. The van der Waals surface area contributed by atoms with Gasteiger partial charge in [-0.1, -0.05) is 114 Å². The first-order valence-electron chi connectivity index (χ1n) is 12.6. The Kier molecular flexibility index (Phi) is 7.25. The zero-order chi connectivity index (χ0) is 20.2. The molecule has 2 atom stereocenters. The molecule has 0 radical (unpaired) electrons. The molecule has 0 unspecified atom stereocenters. The summed E-state index contributed by atoms with van der Waals surface area (Å²) in [6, 6.07) is 23.4. The highest BCUT2D eigenvalue weighted by Crippen LogP contribution is 2.90. The van der Waals surface area contributed by atoms with Gasteiger partial charge in [0.1, 0.15) is 0 Å². The van der Waals surface area contributed by atoms with Gasteiger partial charge in [-0.15, -0.1) is 0 Å². The molecule has 2 saturated carbocycles. The van der Waals surface area contributed by atoms with Gasteiger partial charge >= 0.3 is 0 Å². The summed E-state index contributed by atoms with van der Waals surface area (Å²) >= 11 is 0. The van der Waals surface area contributed by atoms with E-state index in [4.69, 9.17) is 0 Å². The van der Waals surface area contributed by atoms with Crippen LogP contribution in [0.25, 0.3) is 0 Å². The smallest absolute Gasteiger partial charge is 0.00864 e. The maximum atomic E-state index is 2.46. The monoisotopic (exact) mass is 436 g/mol. The summed E-state index contributed by atoms with van der Waals surface area (Å²) < 4.78 is 0. The van der Waals surface area contributed by atoms with Crippen molar-refractivity contribution in [1.82, 2.24) is 0 Å². The normalized spacial score (nSPS) is 27.0. The van der Waals surface area contributed by atoms with Crippen LogP contribution in [0.1, 0.15) is 99.5 Å². The lowest BCUT2D eigenvalue weighted by Gasteiger charge is -2.46. The minimum absolute atomic E-state index is 0.0311. The second-order valence-corrected chi connectivity index (χ2v) is 16.8. The topological polar surface area (TPSA) is 0 Å². The molecule has 160 valence electrons. The molecule has 0 bridgehead atoms. The second kappa shape index (κ2) is 10.3. The molecule has 0 amide bonds. The van der Waals surface area contributed by atoms with Gasteiger partial charge in [-0.05, 0) is 61.0 Å². The van der Waals surface area contributed by atoms with Crippen LogP contribution in [0.5, 0.6) is 0 Å². The van der Waals surface area contributed by atoms with Crippen LogP contribution in [-0.2, 0) is 0 Å². The minimum atomic E-state index is 0.0311. The average molecular weight is 437 g/mol. The molecular formula is C28H38P2. The lowest BCUT2D eigenvalue weighted by molar-refractivity contribution is 0.488. The van der Waals surface area contributed by atoms with E-state index in [2.05, 4.69) is 60.7 Å². The zero-order valence-corrected chi connectivity index (χ0v) is 20.3. The number of rotatable bonds is 5. The van der Waals surface area contributed by atoms with E-state index < -0.39 is 0 Å². The Morgan fingerprint density at radius 2 is 0.900 bits per heavy atom. The van der Waals surface area contributed by atoms with Gasteiger partial charge in [0.2, 0.25) is 0 Å². The first kappa shape index (κ1) is 21.2. The van der Waals surface area contributed by atoms with Crippen molar-refractivity contribution in [2.24, 2.45) is 0 Å². The summed E-state index contributed by atoms with van der Waals surface area (Å²) in [6.45, 7) is 0. The summed E-state index contributed by atoms with van der Waals surface area (Å²) in [7, 11) is 0.172. The third-order valence-corrected chi connectivity index (χ3v) is 18.6. The van der Waals surface area contributed by atoms with Crippen molar-refractivity contribution in [2.45, 2.75) is 99.7 Å². The van der Waals surface area contributed by atoms with Crippen molar-refractivity contribution in [3.8, 4) is 0 Å².